The number of rotatable bonds is 2. The van der Waals surface area contributed by atoms with E-state index in [0.717, 1.165) is 0 Å². The summed E-state index contributed by atoms with van der Waals surface area (Å²) in [5.41, 5.74) is 0. The molecule has 0 bridgehead atoms. The fourth-order valence-corrected chi connectivity index (χ4v) is 0.596. The Morgan fingerprint density at radius 1 is 1.00 bits per heavy atom. The Morgan fingerprint density at radius 2 is 1.15 bits per heavy atom. The molecule has 5 nitrogen and oxygen atoms in total. The van der Waals surface area contributed by atoms with Crippen LogP contribution in [0.3, 0.4) is 0 Å². The quantitative estimate of drug-likeness (QED) is 0.515. The zero-order valence-electron chi connectivity index (χ0n) is 7.96. The Bertz CT molecular complexity index is 177. The summed E-state index contributed by atoms with van der Waals surface area (Å²) in [6, 6.07) is 1.000. The van der Waals surface area contributed by atoms with Crippen molar-refractivity contribution in [3.05, 3.63) is 5.32 Å². The van der Waals surface area contributed by atoms with Gasteiger partial charge in [0.1, 0.15) is 0 Å². The molecule has 7 heteroatoms. The molecule has 0 aliphatic heterocycles. The van der Waals surface area contributed by atoms with Crippen molar-refractivity contribution in [1.82, 2.24) is 0 Å². The minimum absolute atomic E-state index is 0. The van der Waals surface area contributed by atoms with Crippen molar-refractivity contribution < 1.29 is 38.6 Å². The molecule has 13 heavy (non-hydrogen) atoms. The van der Waals surface area contributed by atoms with E-state index in [1.54, 1.807) is 0 Å². The van der Waals surface area contributed by atoms with Gasteiger partial charge in [-0.25, -0.2) is 0 Å². The van der Waals surface area contributed by atoms with Gasteiger partial charge in [0.15, 0.2) is 0 Å². The van der Waals surface area contributed by atoms with Crippen LogP contribution >= 0.6 is 0 Å². The van der Waals surface area contributed by atoms with Gasteiger partial charge in [-0.05, 0) is 0 Å². The third-order valence-electron chi connectivity index (χ3n) is 0.596. The second-order valence-corrected chi connectivity index (χ2v) is 3.56. The van der Waals surface area contributed by atoms with Crippen molar-refractivity contribution in [3.8, 4) is 0 Å². The second kappa shape index (κ2) is 9.09. The Morgan fingerprint density at radius 3 is 1.15 bits per heavy atom. The molecule has 0 heterocycles. The van der Waals surface area contributed by atoms with Crippen molar-refractivity contribution in [2.75, 3.05) is 0 Å². The van der Waals surface area contributed by atoms with Crippen LogP contribution in [0.1, 0.15) is 27.7 Å². The van der Waals surface area contributed by atoms with Crippen LogP contribution < -0.4 is 0 Å². The standard InChI is InChI=1S/C6H14N.H2O4S.Pt/c1-5(2)7-6(3)4;1-5(2,3)4;/h5-6H,1-4H3;(H2,1,2,3,4);/q-1;;+2/p-2. The molecule has 0 rings (SSSR count). The molecule has 0 atom stereocenters. The smallest absolute Gasteiger partial charge is 0.759 e. The summed E-state index contributed by atoms with van der Waals surface area (Å²) in [5.74, 6) is 0. The third kappa shape index (κ3) is 67.8. The molecule has 0 amide bonds. The zero-order valence-corrected chi connectivity index (χ0v) is 11.0. The van der Waals surface area contributed by atoms with E-state index >= 15 is 0 Å². The van der Waals surface area contributed by atoms with Crippen LogP contribution in [0, 0.1) is 0 Å². The minimum Gasteiger partial charge on any atom is -0.759 e. The largest absolute Gasteiger partial charge is 2.00 e. The number of hydrogen-bond donors (Lipinski definition) is 0. The zero-order chi connectivity index (χ0) is 10.4. The van der Waals surface area contributed by atoms with Gasteiger partial charge in [0, 0.05) is 10.4 Å². The predicted molar refractivity (Wildman–Crippen MR) is 44.1 cm³/mol. The Balaban J connectivity index is -0.000000150. The summed E-state index contributed by atoms with van der Waals surface area (Å²) in [6.07, 6.45) is 0. The first-order chi connectivity index (χ1) is 5.13. The van der Waals surface area contributed by atoms with Crippen molar-refractivity contribution in [2.45, 2.75) is 39.8 Å². The fourth-order valence-electron chi connectivity index (χ4n) is 0.596. The average Bonchev–Trinajstić information content (AvgIpc) is 1.52. The molecule has 84 valence electrons. The van der Waals surface area contributed by atoms with Gasteiger partial charge in [-0.2, -0.15) is 0 Å². The maximum absolute atomic E-state index is 8.52. The molecule has 0 saturated heterocycles. The minimum atomic E-state index is -5.17. The number of hydrogen-bond acceptors (Lipinski definition) is 4. The summed E-state index contributed by atoms with van der Waals surface area (Å²) in [7, 11) is -5.17. The van der Waals surface area contributed by atoms with Crippen molar-refractivity contribution in [3.63, 3.8) is 0 Å². The molecule has 0 spiro atoms. The monoisotopic (exact) mass is 391 g/mol. The third-order valence-corrected chi connectivity index (χ3v) is 0.596. The molecule has 0 aliphatic carbocycles. The maximum atomic E-state index is 8.52. The van der Waals surface area contributed by atoms with Gasteiger partial charge < -0.3 is 14.4 Å². The van der Waals surface area contributed by atoms with E-state index in [9.17, 15) is 0 Å². The summed E-state index contributed by atoms with van der Waals surface area (Å²) in [6.45, 7) is 8.39. The van der Waals surface area contributed by atoms with E-state index in [1.807, 2.05) is 0 Å². The normalized spacial score (nSPS) is 10.5. The molecule has 0 radical (unpaired) electrons. The average molecular weight is 391 g/mol. The van der Waals surface area contributed by atoms with Gasteiger partial charge in [0.2, 0.25) is 0 Å². The second-order valence-electron chi connectivity index (χ2n) is 2.74. The molecule has 0 aromatic rings. The summed E-state index contributed by atoms with van der Waals surface area (Å²) in [4.78, 5) is 0. The van der Waals surface area contributed by atoms with E-state index < -0.39 is 10.4 Å². The fraction of sp³-hybridized carbons (Fsp3) is 1.00. The summed E-state index contributed by atoms with van der Waals surface area (Å²) >= 11 is 0. The SMILES string of the molecule is CC(C)[N-]C(C)C.O=S(=O)([O-])[O-].[Pt+2]. The summed E-state index contributed by atoms with van der Waals surface area (Å²) < 4.78 is 34.1. The van der Waals surface area contributed by atoms with E-state index in [4.69, 9.17) is 17.5 Å². The molecule has 0 aromatic carbocycles. The van der Waals surface area contributed by atoms with Crippen LogP contribution in [0.25, 0.3) is 5.32 Å². The van der Waals surface area contributed by atoms with Gasteiger partial charge in [-0.1, -0.05) is 27.7 Å². The van der Waals surface area contributed by atoms with E-state index in [2.05, 4.69) is 33.0 Å². The van der Waals surface area contributed by atoms with Crippen LogP contribution in [0.2, 0.25) is 0 Å². The molecule has 0 aromatic heterocycles. The van der Waals surface area contributed by atoms with Crippen molar-refractivity contribution >= 4 is 10.4 Å². The molecule has 0 fully saturated rings. The first kappa shape index (κ1) is 19.1. The van der Waals surface area contributed by atoms with Gasteiger partial charge in [0.05, 0.1) is 0 Å². The van der Waals surface area contributed by atoms with Gasteiger partial charge in [-0.3, -0.25) is 8.42 Å². The first-order valence-electron chi connectivity index (χ1n) is 3.49. The van der Waals surface area contributed by atoms with Crippen LogP contribution in [-0.2, 0) is 31.5 Å². The molecule has 0 unspecified atom stereocenters. The van der Waals surface area contributed by atoms with Gasteiger partial charge in [0.25, 0.3) is 0 Å². The molecular formula is C6H14NO4PtS-. The van der Waals surface area contributed by atoms with Gasteiger partial charge in [-0.15, -0.1) is 12.1 Å². The Kier molecular flexibility index (Phi) is 13.4. The summed E-state index contributed by atoms with van der Waals surface area (Å²) in [5, 5.41) is 4.28. The van der Waals surface area contributed by atoms with Crippen molar-refractivity contribution in [1.29, 1.82) is 0 Å². The predicted octanol–water partition coefficient (Wildman–Crippen LogP) is 0.836. The van der Waals surface area contributed by atoms with E-state index in [0.29, 0.717) is 12.1 Å². The number of nitrogens with zero attached hydrogens (tertiary/aromatic N) is 1. The molecular weight excluding hydrogens is 377 g/mol. The molecule has 0 N–H and O–H groups in total. The molecule has 0 aliphatic rings. The topological polar surface area (TPSA) is 94.4 Å². The van der Waals surface area contributed by atoms with Crippen LogP contribution in [-0.4, -0.2) is 29.6 Å². The molecule has 0 saturated carbocycles. The Labute approximate surface area is 94.1 Å². The van der Waals surface area contributed by atoms with Crippen LogP contribution in [0.4, 0.5) is 0 Å². The van der Waals surface area contributed by atoms with Gasteiger partial charge >= 0.3 is 21.1 Å². The van der Waals surface area contributed by atoms with Crippen LogP contribution in [0.15, 0.2) is 0 Å². The van der Waals surface area contributed by atoms with E-state index in [-0.39, 0.29) is 21.1 Å². The van der Waals surface area contributed by atoms with E-state index in [1.165, 1.54) is 0 Å². The first-order valence-corrected chi connectivity index (χ1v) is 4.83. The Hall–Kier alpha value is 0.518. The van der Waals surface area contributed by atoms with Crippen molar-refractivity contribution in [2.24, 2.45) is 0 Å². The maximum Gasteiger partial charge on any atom is 2.00 e. The van der Waals surface area contributed by atoms with Crippen LogP contribution in [0.5, 0.6) is 0 Å².